The molecule has 0 aliphatic carbocycles. The maximum atomic E-state index is 3.43. The van der Waals surface area contributed by atoms with Gasteiger partial charge in [-0.25, -0.2) is 0 Å². The van der Waals surface area contributed by atoms with Crippen LogP contribution in [0.4, 0.5) is 0 Å². The third-order valence-corrected chi connectivity index (χ3v) is 4.37. The quantitative estimate of drug-likeness (QED) is 0.818. The van der Waals surface area contributed by atoms with E-state index in [9.17, 15) is 0 Å². The van der Waals surface area contributed by atoms with E-state index in [1.54, 1.807) is 11.3 Å². The van der Waals surface area contributed by atoms with Crippen molar-refractivity contribution in [2.75, 3.05) is 6.54 Å². The van der Waals surface area contributed by atoms with Gasteiger partial charge in [0.15, 0.2) is 0 Å². The molecule has 1 fully saturated rings. The highest BCUT2D eigenvalue weighted by Gasteiger charge is 2.20. The molecule has 1 aliphatic heterocycles. The predicted molar refractivity (Wildman–Crippen MR) is 63.0 cm³/mol. The zero-order valence-electron chi connectivity index (χ0n) is 7.69. The second-order valence-corrected chi connectivity index (χ2v) is 5.27. The number of hydrogen-bond acceptors (Lipinski definition) is 3. The van der Waals surface area contributed by atoms with Crippen molar-refractivity contribution in [1.29, 1.82) is 0 Å². The van der Waals surface area contributed by atoms with E-state index in [1.807, 2.05) is 11.3 Å². The molecule has 3 rings (SSSR count). The monoisotopic (exact) mass is 221 g/mol. The molecule has 1 nitrogen and oxygen atoms in total. The molecule has 2 aromatic heterocycles. The van der Waals surface area contributed by atoms with Crippen LogP contribution >= 0.6 is 22.7 Å². The van der Waals surface area contributed by atoms with Crippen LogP contribution in [0.1, 0.15) is 17.3 Å². The molecule has 1 unspecified atom stereocenters. The van der Waals surface area contributed by atoms with Gasteiger partial charge in [-0.3, -0.25) is 0 Å². The van der Waals surface area contributed by atoms with Crippen LogP contribution in [0.5, 0.6) is 0 Å². The molecule has 14 heavy (non-hydrogen) atoms. The van der Waals surface area contributed by atoms with E-state index < -0.39 is 0 Å². The second-order valence-electron chi connectivity index (χ2n) is 3.55. The Labute approximate surface area is 91.4 Å². The van der Waals surface area contributed by atoms with E-state index >= 15 is 0 Å². The zero-order chi connectivity index (χ0) is 9.38. The van der Waals surface area contributed by atoms with Crippen LogP contribution in [0, 0.1) is 0 Å². The molecule has 0 aromatic carbocycles. The summed E-state index contributed by atoms with van der Waals surface area (Å²) in [5.74, 6) is 0. The summed E-state index contributed by atoms with van der Waals surface area (Å²) in [6.45, 7) is 1.18. The average molecular weight is 221 g/mol. The summed E-state index contributed by atoms with van der Waals surface area (Å²) in [5, 5.41) is 10.0. The van der Waals surface area contributed by atoms with Gasteiger partial charge in [-0.05, 0) is 52.4 Å². The fourth-order valence-corrected chi connectivity index (χ4v) is 3.34. The first-order valence-corrected chi connectivity index (χ1v) is 6.60. The Morgan fingerprint density at radius 2 is 2.21 bits per heavy atom. The van der Waals surface area contributed by atoms with Gasteiger partial charge in [0.25, 0.3) is 0 Å². The van der Waals surface area contributed by atoms with Gasteiger partial charge in [0, 0.05) is 10.9 Å². The summed E-state index contributed by atoms with van der Waals surface area (Å²) in [7, 11) is 0. The summed E-state index contributed by atoms with van der Waals surface area (Å²) in [5.41, 5.74) is 2.73. The van der Waals surface area contributed by atoms with Gasteiger partial charge < -0.3 is 5.32 Å². The highest BCUT2D eigenvalue weighted by Crippen LogP contribution is 2.33. The molecule has 1 N–H and O–H groups in total. The minimum Gasteiger partial charge on any atom is -0.309 e. The van der Waals surface area contributed by atoms with Crippen molar-refractivity contribution < 1.29 is 0 Å². The molecule has 0 amide bonds. The Morgan fingerprint density at radius 3 is 2.86 bits per heavy atom. The van der Waals surface area contributed by atoms with Crippen LogP contribution < -0.4 is 5.32 Å². The van der Waals surface area contributed by atoms with E-state index in [2.05, 4.69) is 33.6 Å². The minimum atomic E-state index is 0.632. The van der Waals surface area contributed by atoms with Crippen LogP contribution in [0.2, 0.25) is 0 Å². The first kappa shape index (κ1) is 8.65. The number of rotatable bonds is 2. The lowest BCUT2D eigenvalue weighted by atomic mass is 10.0. The molecule has 0 saturated carbocycles. The van der Waals surface area contributed by atoms with Crippen molar-refractivity contribution in [3.8, 4) is 11.1 Å². The summed E-state index contributed by atoms with van der Waals surface area (Å²) in [6.07, 6.45) is 1.30. The Balaban J connectivity index is 1.90. The highest BCUT2D eigenvalue weighted by molar-refractivity contribution is 7.10. The van der Waals surface area contributed by atoms with E-state index in [-0.39, 0.29) is 0 Å². The molecule has 1 aliphatic rings. The Bertz CT molecular complexity index is 412. The van der Waals surface area contributed by atoms with Gasteiger partial charge in [0.05, 0.1) is 0 Å². The van der Waals surface area contributed by atoms with Crippen LogP contribution in [-0.4, -0.2) is 6.54 Å². The average Bonchev–Trinajstić information content (AvgIpc) is 2.65. The molecule has 3 heterocycles. The zero-order valence-corrected chi connectivity index (χ0v) is 9.33. The van der Waals surface area contributed by atoms with Crippen LogP contribution in [0.3, 0.4) is 0 Å². The first-order chi connectivity index (χ1) is 6.93. The molecule has 2 aromatic rings. The van der Waals surface area contributed by atoms with E-state index in [0.29, 0.717) is 6.04 Å². The second kappa shape index (κ2) is 3.50. The summed E-state index contributed by atoms with van der Waals surface area (Å²) in [6, 6.07) is 5.14. The molecule has 1 saturated heterocycles. The van der Waals surface area contributed by atoms with Gasteiger partial charge in [0.2, 0.25) is 0 Å². The Hall–Kier alpha value is -0.640. The lowest BCUT2D eigenvalue weighted by Gasteiger charge is -2.26. The van der Waals surface area contributed by atoms with Gasteiger partial charge in [-0.15, -0.1) is 11.3 Å². The van der Waals surface area contributed by atoms with Gasteiger partial charge in [-0.2, -0.15) is 11.3 Å². The lowest BCUT2D eigenvalue weighted by Crippen LogP contribution is -2.34. The maximum absolute atomic E-state index is 3.43. The number of nitrogens with one attached hydrogen (secondary N) is 1. The molecule has 3 heteroatoms. The van der Waals surface area contributed by atoms with Crippen molar-refractivity contribution in [3.05, 3.63) is 33.2 Å². The third-order valence-electron chi connectivity index (χ3n) is 2.64. The van der Waals surface area contributed by atoms with Gasteiger partial charge >= 0.3 is 0 Å². The van der Waals surface area contributed by atoms with Crippen molar-refractivity contribution in [3.63, 3.8) is 0 Å². The smallest absolute Gasteiger partial charge is 0.0427 e. The molecular weight excluding hydrogens is 210 g/mol. The fourth-order valence-electron chi connectivity index (χ4n) is 1.65. The van der Waals surface area contributed by atoms with Crippen LogP contribution in [-0.2, 0) is 0 Å². The van der Waals surface area contributed by atoms with Gasteiger partial charge in [-0.1, -0.05) is 0 Å². The van der Waals surface area contributed by atoms with Crippen molar-refractivity contribution >= 4 is 22.7 Å². The standard InChI is InChI=1S/C11H11NS2/c1-3-12-10(1)11-5-9(7-14-11)8-2-4-13-6-8/h2,4-7,10,12H,1,3H2. The SMILES string of the molecule is c1cc(-c2csc(C3CCN3)c2)cs1. The highest BCUT2D eigenvalue weighted by atomic mass is 32.1. The summed E-state index contributed by atoms with van der Waals surface area (Å²) < 4.78 is 0. The number of hydrogen-bond donors (Lipinski definition) is 1. The minimum absolute atomic E-state index is 0.632. The first-order valence-electron chi connectivity index (χ1n) is 4.78. The molecule has 0 spiro atoms. The van der Waals surface area contributed by atoms with E-state index in [4.69, 9.17) is 0 Å². The predicted octanol–water partition coefficient (Wildman–Crippen LogP) is 3.51. The normalized spacial score (nSPS) is 20.7. The molecular formula is C11H11NS2. The van der Waals surface area contributed by atoms with Crippen LogP contribution in [0.25, 0.3) is 11.1 Å². The largest absolute Gasteiger partial charge is 0.309 e. The topological polar surface area (TPSA) is 12.0 Å². The summed E-state index contributed by atoms with van der Waals surface area (Å²) >= 11 is 3.63. The summed E-state index contributed by atoms with van der Waals surface area (Å²) in [4.78, 5) is 1.48. The molecule has 72 valence electrons. The lowest BCUT2D eigenvalue weighted by molar-refractivity contribution is 0.389. The molecule has 0 radical (unpaired) electrons. The van der Waals surface area contributed by atoms with E-state index in [0.717, 1.165) is 0 Å². The fraction of sp³-hybridized carbons (Fsp3) is 0.273. The van der Waals surface area contributed by atoms with Gasteiger partial charge in [0.1, 0.15) is 0 Å². The maximum Gasteiger partial charge on any atom is 0.0427 e. The van der Waals surface area contributed by atoms with Crippen molar-refractivity contribution in [1.82, 2.24) is 5.32 Å². The van der Waals surface area contributed by atoms with Crippen molar-refractivity contribution in [2.24, 2.45) is 0 Å². The van der Waals surface area contributed by atoms with Crippen molar-refractivity contribution in [2.45, 2.75) is 12.5 Å². The Kier molecular flexibility index (Phi) is 2.16. The van der Waals surface area contributed by atoms with E-state index in [1.165, 1.54) is 29.0 Å². The molecule has 0 bridgehead atoms. The molecule has 1 atom stereocenters. The Morgan fingerprint density at radius 1 is 1.29 bits per heavy atom. The third kappa shape index (κ3) is 1.41. The van der Waals surface area contributed by atoms with Crippen LogP contribution in [0.15, 0.2) is 28.3 Å². The number of thiophene rings is 2.